The Bertz CT molecular complexity index is 470. The molecule has 1 saturated heterocycles. The van der Waals surface area contributed by atoms with Gasteiger partial charge >= 0.3 is 0 Å². The highest BCUT2D eigenvalue weighted by Gasteiger charge is 2.32. The normalized spacial score (nSPS) is 18.2. The first-order valence-electron chi connectivity index (χ1n) is 6.34. The minimum absolute atomic E-state index is 0.0487. The molecule has 1 heterocycles. The summed E-state index contributed by atoms with van der Waals surface area (Å²) in [6.07, 6.45) is 1.60. The molecule has 1 aromatic rings. The third kappa shape index (κ3) is 3.05. The van der Waals surface area contributed by atoms with Crippen molar-refractivity contribution < 1.29 is 14.3 Å². The smallest absolute Gasteiger partial charge is 0.247 e. The van der Waals surface area contributed by atoms with Crippen LogP contribution in [0.25, 0.3) is 0 Å². The Labute approximate surface area is 112 Å². The van der Waals surface area contributed by atoms with Gasteiger partial charge in [-0.2, -0.15) is 0 Å². The summed E-state index contributed by atoms with van der Waals surface area (Å²) in [7, 11) is 1.59. The lowest BCUT2D eigenvalue weighted by Gasteiger charge is -2.22. The van der Waals surface area contributed by atoms with Crippen molar-refractivity contribution in [3.63, 3.8) is 0 Å². The van der Waals surface area contributed by atoms with Crippen molar-refractivity contribution in [2.24, 2.45) is 0 Å². The molecular formula is C14H18N2O3. The molecule has 1 unspecified atom stereocenters. The molecule has 0 radical (unpaired) electrons. The number of hydrogen-bond donors (Lipinski definition) is 1. The lowest BCUT2D eigenvalue weighted by Crippen LogP contribution is -2.42. The molecule has 2 amide bonds. The van der Waals surface area contributed by atoms with Crippen molar-refractivity contribution >= 4 is 17.5 Å². The number of benzene rings is 1. The standard InChI is InChI=1S/C14H18N2O3/c1-10(17)16-9-3-4-13(16)14(18)15-11-5-7-12(19-2)8-6-11/h5-8,13H,3-4,9H2,1-2H3,(H,15,18). The van der Waals surface area contributed by atoms with E-state index in [1.165, 1.54) is 6.92 Å². The third-order valence-electron chi connectivity index (χ3n) is 3.32. The molecule has 102 valence electrons. The number of methoxy groups -OCH3 is 1. The summed E-state index contributed by atoms with van der Waals surface area (Å²) in [5, 5.41) is 2.83. The van der Waals surface area contributed by atoms with Gasteiger partial charge in [0.15, 0.2) is 0 Å². The first kappa shape index (κ1) is 13.4. The van der Waals surface area contributed by atoms with Crippen molar-refractivity contribution in [1.29, 1.82) is 0 Å². The molecule has 0 aromatic heterocycles. The fourth-order valence-corrected chi connectivity index (χ4v) is 2.32. The van der Waals surface area contributed by atoms with E-state index in [2.05, 4.69) is 5.32 Å². The van der Waals surface area contributed by atoms with Crippen molar-refractivity contribution in [3.8, 4) is 5.75 Å². The van der Waals surface area contributed by atoms with Gasteiger partial charge in [-0.15, -0.1) is 0 Å². The van der Waals surface area contributed by atoms with E-state index in [9.17, 15) is 9.59 Å². The van der Waals surface area contributed by atoms with E-state index in [1.54, 1.807) is 36.3 Å². The summed E-state index contributed by atoms with van der Waals surface area (Å²) < 4.78 is 5.06. The summed E-state index contributed by atoms with van der Waals surface area (Å²) in [6, 6.07) is 6.78. The quantitative estimate of drug-likeness (QED) is 0.901. The maximum atomic E-state index is 12.1. The molecule has 19 heavy (non-hydrogen) atoms. The molecule has 1 aromatic carbocycles. The van der Waals surface area contributed by atoms with Gasteiger partial charge in [-0.1, -0.05) is 0 Å². The van der Waals surface area contributed by atoms with Crippen LogP contribution in [0.1, 0.15) is 19.8 Å². The van der Waals surface area contributed by atoms with Crippen molar-refractivity contribution in [2.75, 3.05) is 19.0 Å². The maximum absolute atomic E-state index is 12.1. The van der Waals surface area contributed by atoms with Gasteiger partial charge < -0.3 is 15.0 Å². The monoisotopic (exact) mass is 262 g/mol. The SMILES string of the molecule is COc1ccc(NC(=O)C2CCCN2C(C)=O)cc1. The van der Waals surface area contributed by atoms with E-state index >= 15 is 0 Å². The molecule has 0 saturated carbocycles. The van der Waals surface area contributed by atoms with Crippen LogP contribution in [0.4, 0.5) is 5.69 Å². The van der Waals surface area contributed by atoms with Gasteiger partial charge in [0.05, 0.1) is 7.11 Å². The summed E-state index contributed by atoms with van der Waals surface area (Å²) in [5.74, 6) is 0.564. The molecule has 1 atom stereocenters. The van der Waals surface area contributed by atoms with E-state index in [0.29, 0.717) is 12.2 Å². The number of nitrogens with zero attached hydrogens (tertiary/aromatic N) is 1. The van der Waals surface area contributed by atoms with Gasteiger partial charge in [0.2, 0.25) is 11.8 Å². The molecule has 1 aliphatic rings. The van der Waals surface area contributed by atoms with Crippen LogP contribution in [0.5, 0.6) is 5.75 Å². The number of hydrogen-bond acceptors (Lipinski definition) is 3. The van der Waals surface area contributed by atoms with Crippen molar-refractivity contribution in [1.82, 2.24) is 4.90 Å². The highest BCUT2D eigenvalue weighted by atomic mass is 16.5. The van der Waals surface area contributed by atoms with Crippen LogP contribution >= 0.6 is 0 Å². The van der Waals surface area contributed by atoms with E-state index < -0.39 is 0 Å². The fraction of sp³-hybridized carbons (Fsp3) is 0.429. The topological polar surface area (TPSA) is 58.6 Å². The maximum Gasteiger partial charge on any atom is 0.247 e. The fourth-order valence-electron chi connectivity index (χ4n) is 2.32. The Balaban J connectivity index is 2.01. The Morgan fingerprint density at radius 2 is 2.00 bits per heavy atom. The number of amides is 2. The van der Waals surface area contributed by atoms with Crippen LogP contribution in [-0.4, -0.2) is 36.4 Å². The molecule has 5 nitrogen and oxygen atoms in total. The van der Waals surface area contributed by atoms with Crippen molar-refractivity contribution in [3.05, 3.63) is 24.3 Å². The van der Waals surface area contributed by atoms with Gasteiger partial charge in [-0.25, -0.2) is 0 Å². The number of anilines is 1. The highest BCUT2D eigenvalue weighted by Crippen LogP contribution is 2.20. The van der Waals surface area contributed by atoms with E-state index in [4.69, 9.17) is 4.74 Å². The van der Waals surface area contributed by atoms with Gasteiger partial charge in [-0.3, -0.25) is 9.59 Å². The van der Waals surface area contributed by atoms with E-state index in [-0.39, 0.29) is 17.9 Å². The molecular weight excluding hydrogens is 244 g/mol. The Morgan fingerprint density at radius 3 is 2.58 bits per heavy atom. The third-order valence-corrected chi connectivity index (χ3v) is 3.32. The molecule has 5 heteroatoms. The average molecular weight is 262 g/mol. The largest absolute Gasteiger partial charge is 0.497 e. The zero-order valence-electron chi connectivity index (χ0n) is 11.2. The number of nitrogens with one attached hydrogen (secondary N) is 1. The first-order chi connectivity index (χ1) is 9.11. The van der Waals surface area contributed by atoms with Crippen LogP contribution in [0.3, 0.4) is 0 Å². The summed E-state index contributed by atoms with van der Waals surface area (Å²) in [6.45, 7) is 2.16. The molecule has 1 N–H and O–H groups in total. The molecule has 0 aliphatic carbocycles. The average Bonchev–Trinajstić information content (AvgIpc) is 2.89. The number of carbonyl (C=O) groups is 2. The van der Waals surface area contributed by atoms with Gasteiger partial charge in [-0.05, 0) is 37.1 Å². The highest BCUT2D eigenvalue weighted by molar-refractivity contribution is 5.97. The van der Waals surface area contributed by atoms with E-state index in [0.717, 1.165) is 18.6 Å². The lowest BCUT2D eigenvalue weighted by molar-refractivity contribution is -0.134. The van der Waals surface area contributed by atoms with Crippen LogP contribution in [-0.2, 0) is 9.59 Å². The van der Waals surface area contributed by atoms with Gasteiger partial charge in [0.1, 0.15) is 11.8 Å². The minimum Gasteiger partial charge on any atom is -0.497 e. The van der Waals surface area contributed by atoms with Crippen LogP contribution in [0.15, 0.2) is 24.3 Å². The summed E-state index contributed by atoms with van der Waals surface area (Å²) in [4.78, 5) is 25.2. The van der Waals surface area contributed by atoms with Crippen molar-refractivity contribution in [2.45, 2.75) is 25.8 Å². The zero-order valence-corrected chi connectivity index (χ0v) is 11.2. The zero-order chi connectivity index (χ0) is 13.8. The molecule has 1 aliphatic heterocycles. The lowest BCUT2D eigenvalue weighted by atomic mass is 10.2. The second kappa shape index (κ2) is 5.73. The van der Waals surface area contributed by atoms with Crippen LogP contribution in [0.2, 0.25) is 0 Å². The number of likely N-dealkylation sites (tertiary alicyclic amines) is 1. The molecule has 1 fully saturated rings. The van der Waals surface area contributed by atoms with Crippen LogP contribution in [0, 0.1) is 0 Å². The Morgan fingerprint density at radius 1 is 1.32 bits per heavy atom. The van der Waals surface area contributed by atoms with E-state index in [1.807, 2.05) is 0 Å². The second-order valence-electron chi connectivity index (χ2n) is 4.59. The summed E-state index contributed by atoms with van der Waals surface area (Å²) >= 11 is 0. The predicted molar refractivity (Wildman–Crippen MR) is 72.0 cm³/mol. The second-order valence-corrected chi connectivity index (χ2v) is 4.59. The molecule has 2 rings (SSSR count). The first-order valence-corrected chi connectivity index (χ1v) is 6.34. The number of carbonyl (C=O) groups excluding carboxylic acids is 2. The van der Waals surface area contributed by atoms with Gasteiger partial charge in [0, 0.05) is 19.2 Å². The molecule has 0 spiro atoms. The minimum atomic E-state index is -0.348. The Kier molecular flexibility index (Phi) is 4.04. The number of ether oxygens (including phenoxy) is 1. The van der Waals surface area contributed by atoms with Crippen LogP contribution < -0.4 is 10.1 Å². The Hall–Kier alpha value is -2.04. The predicted octanol–water partition coefficient (Wildman–Crippen LogP) is 1.64. The summed E-state index contributed by atoms with van der Waals surface area (Å²) in [5.41, 5.74) is 0.709. The van der Waals surface area contributed by atoms with Gasteiger partial charge in [0.25, 0.3) is 0 Å². The molecule has 0 bridgehead atoms. The number of rotatable bonds is 3.